The molecule has 1 unspecified atom stereocenters. The zero-order valence-corrected chi connectivity index (χ0v) is 14.5. The maximum absolute atomic E-state index is 12.7. The summed E-state index contributed by atoms with van der Waals surface area (Å²) in [5.41, 5.74) is 3.30. The summed E-state index contributed by atoms with van der Waals surface area (Å²) in [7, 11) is 0. The van der Waals surface area contributed by atoms with E-state index in [1.165, 1.54) is 4.88 Å². The highest BCUT2D eigenvalue weighted by Crippen LogP contribution is 2.31. The molecule has 1 aromatic carbocycles. The maximum Gasteiger partial charge on any atom is 0.330 e. The van der Waals surface area contributed by atoms with E-state index in [9.17, 15) is 14.7 Å². The first kappa shape index (κ1) is 16.1. The van der Waals surface area contributed by atoms with Crippen molar-refractivity contribution in [2.75, 3.05) is 6.61 Å². The van der Waals surface area contributed by atoms with E-state index < -0.39 is 12.0 Å². The molecule has 5 nitrogen and oxygen atoms in total. The van der Waals surface area contributed by atoms with Crippen molar-refractivity contribution in [1.82, 2.24) is 5.32 Å². The van der Waals surface area contributed by atoms with Gasteiger partial charge in [-0.1, -0.05) is 6.07 Å². The van der Waals surface area contributed by atoms with E-state index in [1.54, 1.807) is 23.5 Å². The van der Waals surface area contributed by atoms with Crippen LogP contribution in [0.2, 0.25) is 0 Å². The maximum atomic E-state index is 12.7. The summed E-state index contributed by atoms with van der Waals surface area (Å²) in [4.78, 5) is 25.7. The van der Waals surface area contributed by atoms with Gasteiger partial charge in [-0.2, -0.15) is 0 Å². The minimum Gasteiger partial charge on any atom is -0.493 e. The first-order valence-electron chi connectivity index (χ1n) is 8.52. The second-order valence-electron chi connectivity index (χ2n) is 6.47. The Kier molecular flexibility index (Phi) is 4.21. The van der Waals surface area contributed by atoms with Gasteiger partial charge in [-0.25, -0.2) is 4.79 Å². The fraction of sp³-hybridized carbons (Fsp3) is 0.368. The lowest BCUT2D eigenvalue weighted by atomic mass is 9.95. The number of thiophene rings is 1. The van der Waals surface area contributed by atoms with Crippen LogP contribution in [0.25, 0.3) is 0 Å². The molecule has 1 aromatic heterocycles. The number of benzene rings is 1. The predicted octanol–water partition coefficient (Wildman–Crippen LogP) is 3.12. The predicted molar refractivity (Wildman–Crippen MR) is 94.4 cm³/mol. The Morgan fingerprint density at radius 2 is 2.04 bits per heavy atom. The highest BCUT2D eigenvalue weighted by atomic mass is 32.1. The minimum atomic E-state index is -1.06. The Hall–Kier alpha value is -2.34. The Bertz CT molecular complexity index is 842. The van der Waals surface area contributed by atoms with Gasteiger partial charge in [0.15, 0.2) is 6.04 Å². The van der Waals surface area contributed by atoms with E-state index in [2.05, 4.69) is 5.32 Å². The number of carboxylic acid groups (broad SMARTS) is 1. The van der Waals surface area contributed by atoms with Crippen LogP contribution in [0.3, 0.4) is 0 Å². The summed E-state index contributed by atoms with van der Waals surface area (Å²) in [5.74, 6) is -0.564. The number of rotatable bonds is 4. The largest absolute Gasteiger partial charge is 0.493 e. The lowest BCUT2D eigenvalue weighted by Gasteiger charge is -2.17. The molecule has 1 atom stereocenters. The number of amides is 1. The van der Waals surface area contributed by atoms with Crippen LogP contribution < -0.4 is 10.1 Å². The summed E-state index contributed by atoms with van der Waals surface area (Å²) in [5, 5.41) is 14.2. The summed E-state index contributed by atoms with van der Waals surface area (Å²) in [6.45, 7) is 0.615. The van der Waals surface area contributed by atoms with Crippen LogP contribution in [0, 0.1) is 0 Å². The third-order valence-electron chi connectivity index (χ3n) is 4.88. The molecule has 0 radical (unpaired) electrons. The van der Waals surface area contributed by atoms with Crippen molar-refractivity contribution in [3.63, 3.8) is 0 Å². The quantitative estimate of drug-likeness (QED) is 0.882. The summed E-state index contributed by atoms with van der Waals surface area (Å²) in [6, 6.07) is 4.26. The number of carbonyl (C=O) groups is 2. The molecule has 0 bridgehead atoms. The van der Waals surface area contributed by atoms with Crippen molar-refractivity contribution in [2.45, 2.75) is 38.1 Å². The second kappa shape index (κ2) is 6.52. The Balaban J connectivity index is 1.59. The number of carbonyl (C=O) groups excluding carboxylic acids is 1. The topological polar surface area (TPSA) is 75.6 Å². The number of carboxylic acids is 1. The van der Waals surface area contributed by atoms with Gasteiger partial charge in [-0.05, 0) is 54.5 Å². The van der Waals surface area contributed by atoms with Gasteiger partial charge < -0.3 is 15.2 Å². The number of nitrogens with one attached hydrogen (secondary N) is 1. The first-order chi connectivity index (χ1) is 12.1. The van der Waals surface area contributed by atoms with Crippen molar-refractivity contribution in [3.8, 4) is 5.75 Å². The van der Waals surface area contributed by atoms with Crippen molar-refractivity contribution >= 4 is 23.2 Å². The molecule has 2 N–H and O–H groups in total. The van der Waals surface area contributed by atoms with Crippen LogP contribution in [0.15, 0.2) is 23.6 Å². The summed E-state index contributed by atoms with van der Waals surface area (Å²) >= 11 is 1.60. The molecule has 0 fully saturated rings. The van der Waals surface area contributed by atoms with E-state index in [0.29, 0.717) is 17.7 Å². The van der Waals surface area contributed by atoms with Crippen molar-refractivity contribution < 1.29 is 19.4 Å². The average molecular weight is 357 g/mol. The highest BCUT2D eigenvalue weighted by molar-refractivity contribution is 7.10. The van der Waals surface area contributed by atoms with Gasteiger partial charge in [0.1, 0.15) is 5.75 Å². The van der Waals surface area contributed by atoms with Crippen LogP contribution in [0.4, 0.5) is 0 Å². The van der Waals surface area contributed by atoms with Gasteiger partial charge in [-0.3, -0.25) is 4.79 Å². The standard InChI is InChI=1S/C19H19NO4S/c21-18(14-10-25-16-4-2-1-3-13(14)16)20-17(19(22)23)12-5-6-15-11(9-12)7-8-24-15/h5-6,9-10,17H,1-4,7-8H2,(H,20,21)(H,22,23). The fourth-order valence-electron chi connectivity index (χ4n) is 3.57. The van der Waals surface area contributed by atoms with Gasteiger partial charge in [0, 0.05) is 16.7 Å². The van der Waals surface area contributed by atoms with Gasteiger partial charge in [0.2, 0.25) is 0 Å². The molecule has 130 valence electrons. The summed E-state index contributed by atoms with van der Waals surface area (Å²) in [6.07, 6.45) is 4.91. The number of hydrogen-bond acceptors (Lipinski definition) is 4. The van der Waals surface area contributed by atoms with Crippen LogP contribution in [-0.2, 0) is 24.1 Å². The smallest absolute Gasteiger partial charge is 0.330 e. The number of aliphatic carboxylic acids is 1. The van der Waals surface area contributed by atoms with E-state index in [1.807, 2.05) is 11.4 Å². The van der Waals surface area contributed by atoms with Gasteiger partial charge in [0.05, 0.1) is 12.2 Å². The fourth-order valence-corrected chi connectivity index (χ4v) is 4.69. The second-order valence-corrected chi connectivity index (χ2v) is 7.43. The monoisotopic (exact) mass is 357 g/mol. The van der Waals surface area contributed by atoms with E-state index in [-0.39, 0.29) is 5.91 Å². The van der Waals surface area contributed by atoms with Gasteiger partial charge in [-0.15, -0.1) is 11.3 Å². The lowest BCUT2D eigenvalue weighted by molar-refractivity contribution is -0.139. The third-order valence-corrected chi connectivity index (χ3v) is 5.96. The molecule has 1 aliphatic carbocycles. The van der Waals surface area contributed by atoms with Gasteiger partial charge in [0.25, 0.3) is 5.91 Å². The molecular formula is C19H19NO4S. The molecule has 2 heterocycles. The molecule has 1 amide bonds. The number of fused-ring (bicyclic) bond motifs is 2. The van der Waals surface area contributed by atoms with Crippen LogP contribution in [0.1, 0.15) is 50.8 Å². The molecule has 0 saturated carbocycles. The molecule has 0 spiro atoms. The number of hydrogen-bond donors (Lipinski definition) is 2. The van der Waals surface area contributed by atoms with E-state index in [0.717, 1.165) is 49.0 Å². The first-order valence-corrected chi connectivity index (χ1v) is 9.40. The normalized spacial score (nSPS) is 16.5. The van der Waals surface area contributed by atoms with Crippen LogP contribution >= 0.6 is 11.3 Å². The summed E-state index contributed by atoms with van der Waals surface area (Å²) < 4.78 is 5.46. The number of ether oxygens (including phenoxy) is 1. The molecule has 0 saturated heterocycles. The zero-order chi connectivity index (χ0) is 17.4. The number of aryl methyl sites for hydroxylation is 1. The van der Waals surface area contributed by atoms with Gasteiger partial charge >= 0.3 is 5.97 Å². The Morgan fingerprint density at radius 3 is 2.88 bits per heavy atom. The molecule has 4 rings (SSSR count). The van der Waals surface area contributed by atoms with Crippen molar-refractivity contribution in [1.29, 1.82) is 0 Å². The molecule has 2 aromatic rings. The molecular weight excluding hydrogens is 338 g/mol. The Labute approximate surface area is 149 Å². The van der Waals surface area contributed by atoms with E-state index >= 15 is 0 Å². The molecule has 6 heteroatoms. The van der Waals surface area contributed by atoms with Crippen molar-refractivity contribution in [3.05, 3.63) is 50.7 Å². The van der Waals surface area contributed by atoms with Crippen molar-refractivity contribution in [2.24, 2.45) is 0 Å². The SMILES string of the molecule is O=C(NC(C(=O)O)c1ccc2c(c1)CCO2)c1csc2c1CCCC2. The third kappa shape index (κ3) is 3.02. The molecule has 2 aliphatic rings. The Morgan fingerprint density at radius 1 is 1.20 bits per heavy atom. The molecule has 1 aliphatic heterocycles. The highest BCUT2D eigenvalue weighted by Gasteiger charge is 2.27. The molecule has 25 heavy (non-hydrogen) atoms. The average Bonchev–Trinajstić information content (AvgIpc) is 3.25. The van der Waals surface area contributed by atoms with Crippen LogP contribution in [0.5, 0.6) is 5.75 Å². The minimum absolute atomic E-state index is 0.302. The van der Waals surface area contributed by atoms with E-state index in [4.69, 9.17) is 4.74 Å². The lowest BCUT2D eigenvalue weighted by Crippen LogP contribution is -2.34. The zero-order valence-electron chi connectivity index (χ0n) is 13.7. The van der Waals surface area contributed by atoms with Crippen LogP contribution in [-0.4, -0.2) is 23.6 Å².